The van der Waals surface area contributed by atoms with Crippen LogP contribution in [0.2, 0.25) is 0 Å². The fraction of sp³-hybridized carbons (Fsp3) is 0.412. The van der Waals surface area contributed by atoms with Gasteiger partial charge in [-0.25, -0.2) is 4.39 Å². The first-order chi connectivity index (χ1) is 10.1. The van der Waals surface area contributed by atoms with Crippen molar-refractivity contribution in [3.63, 3.8) is 0 Å². The average Bonchev–Trinajstić information content (AvgIpc) is 2.97. The lowest BCUT2D eigenvalue weighted by atomic mass is 10.0. The second-order valence-corrected chi connectivity index (χ2v) is 6.32. The smallest absolute Gasteiger partial charge is 0.130 e. The lowest BCUT2D eigenvalue weighted by molar-refractivity contribution is 0.527. The molecule has 0 fully saturated rings. The number of hydrogen-bond acceptors (Lipinski definition) is 3. The van der Waals surface area contributed by atoms with Crippen molar-refractivity contribution in [2.45, 2.75) is 32.9 Å². The largest absolute Gasteiger partial charge is 0.369 e. The number of hydrogen-bond donors (Lipinski definition) is 1. The molecule has 1 aromatic carbocycles. The number of anilines is 1. The van der Waals surface area contributed by atoms with E-state index in [1.807, 2.05) is 26.1 Å². The Bertz CT molecular complexity index is 554. The summed E-state index contributed by atoms with van der Waals surface area (Å²) in [6.45, 7) is 5.83. The lowest BCUT2D eigenvalue weighted by Gasteiger charge is -2.25. The number of halogens is 1. The van der Waals surface area contributed by atoms with Crippen LogP contribution in [0.15, 0.2) is 35.7 Å². The van der Waals surface area contributed by atoms with E-state index in [-0.39, 0.29) is 11.9 Å². The molecule has 0 aliphatic rings. The maximum atomic E-state index is 14.3. The Balaban J connectivity index is 2.23. The first-order valence-corrected chi connectivity index (χ1v) is 8.26. The van der Waals surface area contributed by atoms with Crippen molar-refractivity contribution >= 4 is 17.0 Å². The van der Waals surface area contributed by atoms with Gasteiger partial charge in [0.05, 0.1) is 6.54 Å². The highest BCUT2D eigenvalue weighted by Gasteiger charge is 2.17. The second kappa shape index (κ2) is 7.57. The van der Waals surface area contributed by atoms with Crippen LogP contribution in [0.1, 0.15) is 36.8 Å². The topological polar surface area (TPSA) is 15.3 Å². The summed E-state index contributed by atoms with van der Waals surface area (Å²) in [5.74, 6) is -0.137. The molecular formula is C17H23FN2S. The summed E-state index contributed by atoms with van der Waals surface area (Å²) in [4.78, 5) is 3.40. The zero-order valence-electron chi connectivity index (χ0n) is 12.9. The summed E-state index contributed by atoms with van der Waals surface area (Å²) in [7, 11) is 2.02. The van der Waals surface area contributed by atoms with Crippen LogP contribution in [-0.4, -0.2) is 13.6 Å². The first kappa shape index (κ1) is 16.0. The molecule has 0 aliphatic carbocycles. The average molecular weight is 306 g/mol. The number of rotatable bonds is 7. The molecule has 1 atom stereocenters. The predicted octanol–water partition coefficient (Wildman–Crippen LogP) is 4.58. The Labute approximate surface area is 130 Å². The third kappa shape index (κ3) is 4.05. The highest BCUT2D eigenvalue weighted by molar-refractivity contribution is 7.09. The van der Waals surface area contributed by atoms with Gasteiger partial charge in [0.25, 0.3) is 0 Å². The minimum absolute atomic E-state index is 0.00642. The SMILES string of the molecule is CCCNC(C)c1c(F)cccc1N(C)Cc1cccs1. The highest BCUT2D eigenvalue weighted by Crippen LogP contribution is 2.29. The molecular weight excluding hydrogens is 283 g/mol. The summed E-state index contributed by atoms with van der Waals surface area (Å²) in [5, 5.41) is 5.45. The van der Waals surface area contributed by atoms with Crippen LogP contribution in [0, 0.1) is 5.82 Å². The second-order valence-electron chi connectivity index (χ2n) is 5.28. The van der Waals surface area contributed by atoms with Crippen LogP contribution in [0.3, 0.4) is 0 Å². The van der Waals surface area contributed by atoms with E-state index < -0.39 is 0 Å². The number of thiophene rings is 1. The third-order valence-corrected chi connectivity index (χ3v) is 4.41. The molecule has 114 valence electrons. The molecule has 1 aromatic heterocycles. The van der Waals surface area contributed by atoms with E-state index in [4.69, 9.17) is 0 Å². The first-order valence-electron chi connectivity index (χ1n) is 7.38. The maximum Gasteiger partial charge on any atom is 0.130 e. The van der Waals surface area contributed by atoms with Gasteiger partial charge < -0.3 is 10.2 Å². The molecule has 2 aromatic rings. The summed E-state index contributed by atoms with van der Waals surface area (Å²) in [5.41, 5.74) is 1.71. The fourth-order valence-electron chi connectivity index (χ4n) is 2.47. The Morgan fingerprint density at radius 1 is 1.29 bits per heavy atom. The van der Waals surface area contributed by atoms with Gasteiger partial charge in [-0.05, 0) is 43.5 Å². The van der Waals surface area contributed by atoms with Crippen LogP contribution < -0.4 is 10.2 Å². The molecule has 1 heterocycles. The van der Waals surface area contributed by atoms with E-state index in [0.29, 0.717) is 0 Å². The Hall–Kier alpha value is -1.39. The van der Waals surface area contributed by atoms with Gasteiger partial charge in [0.15, 0.2) is 0 Å². The van der Waals surface area contributed by atoms with Crippen molar-refractivity contribution in [1.82, 2.24) is 5.32 Å². The zero-order valence-corrected chi connectivity index (χ0v) is 13.7. The van der Waals surface area contributed by atoms with Gasteiger partial charge in [-0.3, -0.25) is 0 Å². The summed E-state index contributed by atoms with van der Waals surface area (Å²) < 4.78 is 14.3. The molecule has 0 radical (unpaired) electrons. The van der Waals surface area contributed by atoms with Crippen LogP contribution in [0.5, 0.6) is 0 Å². The Morgan fingerprint density at radius 3 is 2.76 bits per heavy atom. The predicted molar refractivity (Wildman–Crippen MR) is 89.5 cm³/mol. The van der Waals surface area contributed by atoms with Crippen molar-refractivity contribution in [2.75, 3.05) is 18.5 Å². The summed E-state index contributed by atoms with van der Waals surface area (Å²) >= 11 is 1.73. The monoisotopic (exact) mass is 306 g/mol. The van der Waals surface area contributed by atoms with Crippen molar-refractivity contribution in [3.8, 4) is 0 Å². The van der Waals surface area contributed by atoms with Crippen LogP contribution in [-0.2, 0) is 6.54 Å². The Kier molecular flexibility index (Phi) is 5.76. The molecule has 21 heavy (non-hydrogen) atoms. The van der Waals surface area contributed by atoms with Crippen molar-refractivity contribution in [3.05, 3.63) is 52.0 Å². The normalized spacial score (nSPS) is 12.4. The Morgan fingerprint density at radius 2 is 2.10 bits per heavy atom. The quantitative estimate of drug-likeness (QED) is 0.805. The van der Waals surface area contributed by atoms with Crippen LogP contribution in [0.25, 0.3) is 0 Å². The molecule has 0 saturated heterocycles. The molecule has 2 nitrogen and oxygen atoms in total. The van der Waals surface area contributed by atoms with Crippen LogP contribution in [0.4, 0.5) is 10.1 Å². The molecule has 2 rings (SSSR count). The van der Waals surface area contributed by atoms with Crippen molar-refractivity contribution in [2.24, 2.45) is 0 Å². The number of benzene rings is 1. The zero-order chi connectivity index (χ0) is 15.2. The molecule has 0 aliphatic heterocycles. The molecule has 1 unspecified atom stereocenters. The summed E-state index contributed by atoms with van der Waals surface area (Å²) in [6, 6.07) is 9.49. The van der Waals surface area contributed by atoms with Gasteiger partial charge in [0.2, 0.25) is 0 Å². The minimum atomic E-state index is -0.137. The molecule has 4 heteroatoms. The standard InChI is InChI=1S/C17H23FN2S/c1-4-10-19-13(2)17-15(18)8-5-9-16(17)20(3)12-14-7-6-11-21-14/h5-9,11,13,19H,4,10,12H2,1-3H3. The van der Waals surface area contributed by atoms with E-state index in [9.17, 15) is 4.39 Å². The van der Waals surface area contributed by atoms with E-state index in [1.54, 1.807) is 23.5 Å². The summed E-state index contributed by atoms with van der Waals surface area (Å²) in [6.07, 6.45) is 1.04. The minimum Gasteiger partial charge on any atom is -0.369 e. The lowest BCUT2D eigenvalue weighted by Crippen LogP contribution is -2.24. The van der Waals surface area contributed by atoms with Gasteiger partial charge in [-0.15, -0.1) is 11.3 Å². The maximum absolute atomic E-state index is 14.3. The van der Waals surface area contributed by atoms with Gasteiger partial charge in [-0.2, -0.15) is 0 Å². The van der Waals surface area contributed by atoms with E-state index in [0.717, 1.165) is 30.8 Å². The molecule has 0 saturated carbocycles. The van der Waals surface area contributed by atoms with Crippen LogP contribution >= 0.6 is 11.3 Å². The fourth-order valence-corrected chi connectivity index (χ4v) is 3.23. The number of nitrogens with zero attached hydrogens (tertiary/aromatic N) is 1. The van der Waals surface area contributed by atoms with E-state index >= 15 is 0 Å². The molecule has 0 amide bonds. The van der Waals surface area contributed by atoms with Gasteiger partial charge in [0, 0.05) is 29.2 Å². The van der Waals surface area contributed by atoms with Crippen molar-refractivity contribution < 1.29 is 4.39 Å². The molecule has 0 spiro atoms. The van der Waals surface area contributed by atoms with E-state index in [2.05, 4.69) is 28.6 Å². The molecule has 1 N–H and O–H groups in total. The van der Waals surface area contributed by atoms with E-state index in [1.165, 1.54) is 4.88 Å². The molecule has 0 bridgehead atoms. The third-order valence-electron chi connectivity index (χ3n) is 3.55. The van der Waals surface area contributed by atoms with Crippen molar-refractivity contribution in [1.29, 1.82) is 0 Å². The van der Waals surface area contributed by atoms with Gasteiger partial charge in [0.1, 0.15) is 5.82 Å². The number of nitrogens with one attached hydrogen (secondary N) is 1. The van der Waals surface area contributed by atoms with Gasteiger partial charge >= 0.3 is 0 Å². The van der Waals surface area contributed by atoms with Gasteiger partial charge in [-0.1, -0.05) is 19.1 Å². The highest BCUT2D eigenvalue weighted by atomic mass is 32.1.